The fourth-order valence-electron chi connectivity index (χ4n) is 2.62. The van der Waals surface area contributed by atoms with Crippen molar-refractivity contribution in [2.75, 3.05) is 24.4 Å². The van der Waals surface area contributed by atoms with Gasteiger partial charge in [-0.15, -0.1) is 0 Å². The number of nitrogens with one attached hydrogen (secondary N) is 2. The number of pyridine rings is 1. The van der Waals surface area contributed by atoms with Gasteiger partial charge in [-0.1, -0.05) is 13.3 Å². The van der Waals surface area contributed by atoms with E-state index in [9.17, 15) is 8.42 Å². The van der Waals surface area contributed by atoms with Crippen molar-refractivity contribution in [3.8, 4) is 0 Å². The van der Waals surface area contributed by atoms with Crippen LogP contribution in [0.15, 0.2) is 18.5 Å². The van der Waals surface area contributed by atoms with Crippen LogP contribution in [0.25, 0.3) is 0 Å². The van der Waals surface area contributed by atoms with Crippen LogP contribution in [0.1, 0.15) is 31.7 Å². The van der Waals surface area contributed by atoms with Gasteiger partial charge in [-0.2, -0.15) is 12.7 Å². The fraction of sp³-hybridized carbons (Fsp3) is 0.643. The van der Waals surface area contributed by atoms with Crippen LogP contribution in [0.5, 0.6) is 0 Å². The smallest absolute Gasteiger partial charge is 0.301 e. The second kappa shape index (κ2) is 7.20. The lowest BCUT2D eigenvalue weighted by Gasteiger charge is -2.34. The third kappa shape index (κ3) is 4.39. The Morgan fingerprint density at radius 3 is 2.90 bits per heavy atom. The van der Waals surface area contributed by atoms with Crippen molar-refractivity contribution < 1.29 is 8.42 Å². The van der Waals surface area contributed by atoms with E-state index in [1.54, 1.807) is 16.6 Å². The van der Waals surface area contributed by atoms with Crippen molar-refractivity contribution in [1.29, 1.82) is 0 Å². The second-order valence-electron chi connectivity index (χ2n) is 5.43. The minimum absolute atomic E-state index is 0.0222. The van der Waals surface area contributed by atoms with E-state index >= 15 is 0 Å². The van der Waals surface area contributed by atoms with Crippen molar-refractivity contribution in [1.82, 2.24) is 14.6 Å². The summed E-state index contributed by atoms with van der Waals surface area (Å²) in [6.45, 7) is 6.03. The van der Waals surface area contributed by atoms with Crippen molar-refractivity contribution in [3.05, 3.63) is 24.0 Å². The highest BCUT2D eigenvalue weighted by Crippen LogP contribution is 2.21. The van der Waals surface area contributed by atoms with E-state index in [0.717, 1.165) is 31.4 Å². The Hall–Kier alpha value is -1.18. The SMILES string of the molecule is CCNCC1CCCCN1S(=O)(=O)Nc1cncc(C)c1. The molecule has 0 amide bonds. The average molecular weight is 312 g/mol. The Bertz CT molecular complexity index is 562. The molecule has 6 nitrogen and oxygen atoms in total. The first-order chi connectivity index (χ1) is 10.0. The zero-order chi connectivity index (χ0) is 15.3. The molecule has 0 radical (unpaired) electrons. The number of hydrogen-bond donors (Lipinski definition) is 2. The van der Waals surface area contributed by atoms with E-state index in [1.807, 2.05) is 13.8 Å². The maximum atomic E-state index is 12.6. The van der Waals surface area contributed by atoms with Gasteiger partial charge in [0.15, 0.2) is 0 Å². The number of aryl methyl sites for hydroxylation is 1. The summed E-state index contributed by atoms with van der Waals surface area (Å²) in [5.41, 5.74) is 1.45. The summed E-state index contributed by atoms with van der Waals surface area (Å²) in [6.07, 6.45) is 6.13. The highest BCUT2D eigenvalue weighted by molar-refractivity contribution is 7.90. The van der Waals surface area contributed by atoms with Crippen LogP contribution >= 0.6 is 0 Å². The third-order valence-electron chi connectivity index (χ3n) is 3.63. The molecule has 21 heavy (non-hydrogen) atoms. The molecule has 1 aliphatic heterocycles. The molecule has 2 heterocycles. The van der Waals surface area contributed by atoms with Crippen LogP contribution in [0.3, 0.4) is 0 Å². The van der Waals surface area contributed by atoms with Gasteiger partial charge in [0.05, 0.1) is 11.9 Å². The van der Waals surface area contributed by atoms with Crippen molar-refractivity contribution in [3.63, 3.8) is 0 Å². The van der Waals surface area contributed by atoms with Gasteiger partial charge in [0.25, 0.3) is 0 Å². The lowest BCUT2D eigenvalue weighted by Crippen LogP contribution is -2.50. The predicted octanol–water partition coefficient (Wildman–Crippen LogP) is 1.51. The summed E-state index contributed by atoms with van der Waals surface area (Å²) in [5, 5.41) is 3.25. The topological polar surface area (TPSA) is 74.3 Å². The predicted molar refractivity (Wildman–Crippen MR) is 84.4 cm³/mol. The van der Waals surface area contributed by atoms with E-state index in [1.165, 1.54) is 6.20 Å². The Morgan fingerprint density at radius 1 is 1.38 bits per heavy atom. The lowest BCUT2D eigenvalue weighted by atomic mass is 10.1. The van der Waals surface area contributed by atoms with Crippen molar-refractivity contribution >= 4 is 15.9 Å². The Labute approximate surface area is 127 Å². The number of aromatic nitrogens is 1. The summed E-state index contributed by atoms with van der Waals surface area (Å²) >= 11 is 0. The molecule has 0 aromatic carbocycles. The van der Waals surface area contributed by atoms with Crippen molar-refractivity contribution in [2.45, 2.75) is 39.2 Å². The minimum Gasteiger partial charge on any atom is -0.315 e. The Morgan fingerprint density at radius 2 is 2.19 bits per heavy atom. The number of rotatable bonds is 6. The second-order valence-corrected chi connectivity index (χ2v) is 7.05. The molecule has 0 saturated carbocycles. The summed E-state index contributed by atoms with van der Waals surface area (Å²) in [7, 11) is -3.53. The van der Waals surface area contributed by atoms with Crippen LogP contribution in [-0.4, -0.2) is 43.4 Å². The van der Waals surface area contributed by atoms with E-state index < -0.39 is 10.2 Å². The lowest BCUT2D eigenvalue weighted by molar-refractivity contribution is 0.248. The fourth-order valence-corrected chi connectivity index (χ4v) is 4.09. The molecule has 1 unspecified atom stereocenters. The molecular formula is C14H24N4O2S. The van der Waals surface area contributed by atoms with Gasteiger partial charge < -0.3 is 5.32 Å². The van der Waals surface area contributed by atoms with Crippen LogP contribution in [0.4, 0.5) is 5.69 Å². The van der Waals surface area contributed by atoms with Crippen molar-refractivity contribution in [2.24, 2.45) is 0 Å². The first-order valence-electron chi connectivity index (χ1n) is 7.45. The minimum atomic E-state index is -3.53. The van der Waals surface area contributed by atoms with Gasteiger partial charge in [-0.3, -0.25) is 9.71 Å². The van der Waals surface area contributed by atoms with Crippen LogP contribution in [0.2, 0.25) is 0 Å². The quantitative estimate of drug-likeness (QED) is 0.835. The van der Waals surface area contributed by atoms with Gasteiger partial charge in [-0.25, -0.2) is 0 Å². The summed E-state index contributed by atoms with van der Waals surface area (Å²) < 4.78 is 29.4. The summed E-state index contributed by atoms with van der Waals surface area (Å²) in [5.74, 6) is 0. The highest BCUT2D eigenvalue weighted by Gasteiger charge is 2.31. The van der Waals surface area contributed by atoms with E-state index in [4.69, 9.17) is 0 Å². The van der Waals surface area contributed by atoms with Gasteiger partial charge in [-0.05, 0) is 37.9 Å². The maximum Gasteiger partial charge on any atom is 0.301 e. The molecule has 118 valence electrons. The van der Waals surface area contributed by atoms with E-state index in [-0.39, 0.29) is 6.04 Å². The normalized spacial score (nSPS) is 20.4. The first kappa shape index (κ1) is 16.2. The van der Waals surface area contributed by atoms with E-state index in [0.29, 0.717) is 18.8 Å². The summed E-state index contributed by atoms with van der Waals surface area (Å²) in [6, 6.07) is 1.81. The molecule has 1 atom stereocenters. The van der Waals surface area contributed by atoms with Gasteiger partial charge in [0, 0.05) is 25.3 Å². The third-order valence-corrected chi connectivity index (χ3v) is 5.23. The Kier molecular flexibility index (Phi) is 5.55. The number of hydrogen-bond acceptors (Lipinski definition) is 4. The number of piperidine rings is 1. The monoisotopic (exact) mass is 312 g/mol. The standard InChI is InChI=1S/C14H24N4O2S/c1-3-15-11-14-6-4-5-7-18(14)21(19,20)17-13-8-12(2)9-16-10-13/h8-10,14-15,17H,3-7,11H2,1-2H3. The van der Waals surface area contributed by atoms with Gasteiger partial charge in [0.1, 0.15) is 0 Å². The van der Waals surface area contributed by atoms with Crippen LogP contribution in [-0.2, 0) is 10.2 Å². The van der Waals surface area contributed by atoms with Gasteiger partial charge >= 0.3 is 10.2 Å². The molecule has 0 bridgehead atoms. The zero-order valence-corrected chi connectivity index (χ0v) is 13.5. The van der Waals surface area contributed by atoms with Crippen LogP contribution < -0.4 is 10.0 Å². The Balaban J connectivity index is 2.12. The first-order valence-corrected chi connectivity index (χ1v) is 8.89. The number of anilines is 1. The molecule has 1 aromatic heterocycles. The largest absolute Gasteiger partial charge is 0.315 e. The molecule has 1 aliphatic rings. The maximum absolute atomic E-state index is 12.6. The molecule has 0 aliphatic carbocycles. The highest BCUT2D eigenvalue weighted by atomic mass is 32.2. The number of nitrogens with zero attached hydrogens (tertiary/aromatic N) is 2. The molecular weight excluding hydrogens is 288 g/mol. The molecule has 1 saturated heterocycles. The number of likely N-dealkylation sites (N-methyl/N-ethyl adjacent to an activating group) is 1. The average Bonchev–Trinajstić information content (AvgIpc) is 2.45. The molecule has 1 aromatic rings. The van der Waals surface area contributed by atoms with Crippen LogP contribution in [0, 0.1) is 6.92 Å². The van der Waals surface area contributed by atoms with Gasteiger partial charge in [0.2, 0.25) is 0 Å². The van der Waals surface area contributed by atoms with E-state index in [2.05, 4.69) is 15.0 Å². The molecule has 7 heteroatoms. The summed E-state index contributed by atoms with van der Waals surface area (Å²) in [4.78, 5) is 4.02. The molecule has 2 N–H and O–H groups in total. The molecule has 1 fully saturated rings. The zero-order valence-electron chi connectivity index (χ0n) is 12.7. The molecule has 2 rings (SSSR count). The molecule has 0 spiro atoms.